The average molecular weight is 512 g/mol. The summed E-state index contributed by atoms with van der Waals surface area (Å²) >= 11 is 0. The highest BCUT2D eigenvalue weighted by atomic mass is 19.1. The highest BCUT2D eigenvalue weighted by Gasteiger charge is 2.34. The second kappa shape index (κ2) is 8.91. The van der Waals surface area contributed by atoms with E-state index in [-0.39, 0.29) is 29.6 Å². The van der Waals surface area contributed by atoms with Gasteiger partial charge in [-0.15, -0.1) is 0 Å². The fourth-order valence-corrected chi connectivity index (χ4v) is 5.66. The molecule has 2 aromatic carbocycles. The molecular formula is C28H26FN7O2. The molecule has 2 aliphatic rings. The van der Waals surface area contributed by atoms with Gasteiger partial charge in [0.2, 0.25) is 0 Å². The number of nitrogens with zero attached hydrogens (tertiary/aromatic N) is 6. The van der Waals surface area contributed by atoms with Crippen molar-refractivity contribution in [3.05, 3.63) is 66.6 Å². The quantitative estimate of drug-likeness (QED) is 0.366. The second-order valence-corrected chi connectivity index (χ2v) is 10.1. The van der Waals surface area contributed by atoms with E-state index in [2.05, 4.69) is 25.2 Å². The molecule has 2 N–H and O–H groups in total. The zero-order valence-corrected chi connectivity index (χ0v) is 20.8. The minimum atomic E-state index is -0.581. The summed E-state index contributed by atoms with van der Waals surface area (Å²) in [6.07, 6.45) is 7.39. The van der Waals surface area contributed by atoms with Crippen LogP contribution in [-0.4, -0.2) is 54.8 Å². The first-order valence-corrected chi connectivity index (χ1v) is 12.7. The van der Waals surface area contributed by atoms with Gasteiger partial charge in [0, 0.05) is 50.2 Å². The number of ether oxygens (including phenoxy) is 1. The van der Waals surface area contributed by atoms with Gasteiger partial charge in [0.1, 0.15) is 29.4 Å². The highest BCUT2D eigenvalue weighted by Crippen LogP contribution is 2.37. The minimum absolute atomic E-state index is 0.0408. The van der Waals surface area contributed by atoms with Crippen molar-refractivity contribution in [3.63, 3.8) is 0 Å². The molecule has 7 rings (SSSR count). The maximum absolute atomic E-state index is 16.3. The Hall–Kier alpha value is -4.31. The van der Waals surface area contributed by atoms with Crippen LogP contribution in [0.5, 0.6) is 11.8 Å². The lowest BCUT2D eigenvalue weighted by Gasteiger charge is -2.34. The van der Waals surface area contributed by atoms with Crippen LogP contribution in [0.1, 0.15) is 18.5 Å². The first-order valence-electron chi connectivity index (χ1n) is 12.7. The Bertz CT molecular complexity index is 1680. The number of fused-ring (bicyclic) bond motifs is 4. The Balaban J connectivity index is 1.37. The number of aryl methyl sites for hydroxylation is 1. The summed E-state index contributed by atoms with van der Waals surface area (Å²) < 4.78 is 24.1. The summed E-state index contributed by atoms with van der Waals surface area (Å²) in [6.45, 7) is 1.70. The molecule has 0 radical (unpaired) electrons. The van der Waals surface area contributed by atoms with Crippen molar-refractivity contribution in [2.24, 2.45) is 7.05 Å². The topological polar surface area (TPSA) is 101 Å². The van der Waals surface area contributed by atoms with Crippen molar-refractivity contribution in [2.45, 2.75) is 31.5 Å². The number of hydrogen-bond donors (Lipinski definition) is 2. The van der Waals surface area contributed by atoms with E-state index in [9.17, 15) is 5.11 Å². The van der Waals surface area contributed by atoms with Gasteiger partial charge in [0.25, 0.3) is 0 Å². The van der Waals surface area contributed by atoms with Crippen LogP contribution in [0.15, 0.2) is 55.1 Å². The number of pyridine rings is 1. The van der Waals surface area contributed by atoms with Gasteiger partial charge in [-0.2, -0.15) is 9.97 Å². The van der Waals surface area contributed by atoms with E-state index in [4.69, 9.17) is 9.72 Å². The van der Waals surface area contributed by atoms with Crippen LogP contribution in [0.2, 0.25) is 0 Å². The van der Waals surface area contributed by atoms with Crippen LogP contribution < -0.4 is 15.0 Å². The first-order chi connectivity index (χ1) is 18.5. The lowest BCUT2D eigenvalue weighted by molar-refractivity contribution is 0.277. The summed E-state index contributed by atoms with van der Waals surface area (Å²) in [7, 11) is 1.88. The number of piperazine rings is 1. The maximum Gasteiger partial charge on any atom is 0.319 e. The van der Waals surface area contributed by atoms with Crippen molar-refractivity contribution in [3.8, 4) is 23.0 Å². The van der Waals surface area contributed by atoms with E-state index < -0.39 is 5.82 Å². The number of imidazole rings is 1. The lowest BCUT2D eigenvalue weighted by Crippen LogP contribution is -2.51. The molecular weight excluding hydrogens is 485 g/mol. The normalized spacial score (nSPS) is 18.9. The van der Waals surface area contributed by atoms with E-state index in [1.807, 2.05) is 42.1 Å². The Morgan fingerprint density at radius 2 is 1.89 bits per heavy atom. The maximum atomic E-state index is 16.3. The second-order valence-electron chi connectivity index (χ2n) is 10.1. The molecule has 0 aliphatic carbocycles. The largest absolute Gasteiger partial charge is 0.508 e. The van der Waals surface area contributed by atoms with Crippen molar-refractivity contribution >= 4 is 27.5 Å². The van der Waals surface area contributed by atoms with Gasteiger partial charge in [-0.3, -0.25) is 4.98 Å². The zero-order chi connectivity index (χ0) is 25.8. The third-order valence-electron chi connectivity index (χ3n) is 7.37. The number of hydrogen-bond acceptors (Lipinski definition) is 8. The van der Waals surface area contributed by atoms with Crippen LogP contribution in [0.25, 0.3) is 32.9 Å². The molecule has 38 heavy (non-hydrogen) atoms. The third kappa shape index (κ3) is 3.97. The van der Waals surface area contributed by atoms with Crippen LogP contribution >= 0.6 is 0 Å². The Kier molecular flexibility index (Phi) is 5.36. The Labute approximate surface area is 217 Å². The minimum Gasteiger partial charge on any atom is -0.508 e. The van der Waals surface area contributed by atoms with Gasteiger partial charge >= 0.3 is 6.01 Å². The van der Waals surface area contributed by atoms with E-state index >= 15 is 4.39 Å². The lowest BCUT2D eigenvalue weighted by atomic mass is 10.0. The molecule has 5 aromatic rings. The number of nitrogens with one attached hydrogen (secondary N) is 1. The number of aromatic hydroxyl groups is 1. The molecule has 5 heterocycles. The van der Waals surface area contributed by atoms with E-state index in [0.29, 0.717) is 28.9 Å². The molecule has 10 heteroatoms. The summed E-state index contributed by atoms with van der Waals surface area (Å²) in [5.41, 5.74) is 1.47. The molecule has 3 aromatic heterocycles. The van der Waals surface area contributed by atoms with Crippen molar-refractivity contribution in [1.29, 1.82) is 0 Å². The summed E-state index contributed by atoms with van der Waals surface area (Å²) in [4.78, 5) is 20.3. The molecule has 0 unspecified atom stereocenters. The van der Waals surface area contributed by atoms with Crippen molar-refractivity contribution in [2.75, 3.05) is 18.0 Å². The zero-order valence-electron chi connectivity index (χ0n) is 20.8. The number of anilines is 1. The molecule has 0 amide bonds. The Morgan fingerprint density at radius 1 is 1.08 bits per heavy atom. The molecule has 2 saturated heterocycles. The average Bonchev–Trinajstić information content (AvgIpc) is 3.50. The predicted molar refractivity (Wildman–Crippen MR) is 142 cm³/mol. The Morgan fingerprint density at radius 3 is 2.68 bits per heavy atom. The number of rotatable bonds is 5. The van der Waals surface area contributed by atoms with Gasteiger partial charge in [-0.1, -0.05) is 24.3 Å². The molecule has 2 atom stereocenters. The molecule has 9 nitrogen and oxygen atoms in total. The van der Waals surface area contributed by atoms with Crippen LogP contribution in [0, 0.1) is 5.82 Å². The fourth-order valence-electron chi connectivity index (χ4n) is 5.66. The molecule has 2 fully saturated rings. The monoisotopic (exact) mass is 511 g/mol. The highest BCUT2D eigenvalue weighted by molar-refractivity contribution is 5.99. The summed E-state index contributed by atoms with van der Waals surface area (Å²) in [5.74, 6) is 0.0740. The SMILES string of the molecule is Cn1cnc(COc2nc(N3C[C@H]4CC[C@@H](C3)N4)c3cnc(-c4cc(O)cc5ccccc45)c(F)c3n2)c1. The van der Waals surface area contributed by atoms with Crippen LogP contribution in [0.3, 0.4) is 0 Å². The molecule has 192 valence electrons. The standard InChI is InChI=1S/C28H26FN7O2/c1-35-11-19(31-15-35)14-38-28-33-26-23(27(34-28)36-12-17-6-7-18(13-36)32-17)10-30-25(24(26)29)22-9-20(37)8-16-4-2-3-5-21(16)22/h2-5,8-11,15,17-18,32,37H,6-7,12-14H2,1H3/t17-,18+. The van der Waals surface area contributed by atoms with E-state index in [1.165, 1.54) is 6.07 Å². The van der Waals surface area contributed by atoms with Gasteiger partial charge in [0.05, 0.1) is 17.4 Å². The summed E-state index contributed by atoms with van der Waals surface area (Å²) in [6, 6.07) is 11.5. The smallest absolute Gasteiger partial charge is 0.319 e. The first kappa shape index (κ1) is 22.9. The van der Waals surface area contributed by atoms with Crippen LogP contribution in [-0.2, 0) is 13.7 Å². The fraction of sp³-hybridized carbons (Fsp3) is 0.286. The molecule has 0 spiro atoms. The van der Waals surface area contributed by atoms with Crippen LogP contribution in [0.4, 0.5) is 10.2 Å². The number of benzene rings is 2. The van der Waals surface area contributed by atoms with Crippen molar-refractivity contribution in [1.82, 2.24) is 29.8 Å². The summed E-state index contributed by atoms with van der Waals surface area (Å²) in [5, 5.41) is 16.1. The van der Waals surface area contributed by atoms with Gasteiger partial charge in [0.15, 0.2) is 5.82 Å². The van der Waals surface area contributed by atoms with Gasteiger partial charge < -0.3 is 24.6 Å². The van der Waals surface area contributed by atoms with E-state index in [0.717, 1.165) is 42.4 Å². The number of halogens is 1. The number of phenols is 1. The van der Waals surface area contributed by atoms with Gasteiger partial charge in [-0.05, 0) is 35.7 Å². The molecule has 0 saturated carbocycles. The van der Waals surface area contributed by atoms with Gasteiger partial charge in [-0.25, -0.2) is 9.37 Å². The number of phenolic OH excluding ortho intramolecular Hbond substituents is 1. The third-order valence-corrected chi connectivity index (χ3v) is 7.37. The predicted octanol–water partition coefficient (Wildman–Crippen LogP) is 3.94. The van der Waals surface area contributed by atoms with Crippen molar-refractivity contribution < 1.29 is 14.2 Å². The molecule has 2 aliphatic heterocycles. The number of aromatic nitrogens is 5. The molecule has 2 bridgehead atoms. The van der Waals surface area contributed by atoms with E-state index in [1.54, 1.807) is 18.6 Å².